The Morgan fingerprint density at radius 1 is 0.795 bits per heavy atom. The lowest BCUT2D eigenvalue weighted by Gasteiger charge is -2.40. The maximum atomic E-state index is 13.6. The molecule has 0 aromatic heterocycles. The van der Waals surface area contributed by atoms with Gasteiger partial charge >= 0.3 is 0 Å². The van der Waals surface area contributed by atoms with Crippen molar-refractivity contribution in [3.8, 4) is 11.1 Å². The maximum absolute atomic E-state index is 13.6. The Bertz CT molecular complexity index is 1400. The Morgan fingerprint density at radius 2 is 1.51 bits per heavy atom. The van der Waals surface area contributed by atoms with Crippen molar-refractivity contribution in [2.75, 3.05) is 32.7 Å². The number of piperazine rings is 1. The van der Waals surface area contributed by atoms with E-state index in [9.17, 15) is 9.59 Å². The van der Waals surface area contributed by atoms with Gasteiger partial charge in [0, 0.05) is 25.2 Å². The maximum Gasteiger partial charge on any atom is 0.239 e. The van der Waals surface area contributed by atoms with Crippen molar-refractivity contribution in [2.45, 2.75) is 31.7 Å². The lowest BCUT2D eigenvalue weighted by molar-refractivity contribution is -0.141. The summed E-state index contributed by atoms with van der Waals surface area (Å²) in [4.78, 5) is 30.9. The number of hydrogen-bond acceptors (Lipinski definition) is 4. The van der Waals surface area contributed by atoms with E-state index >= 15 is 0 Å². The Labute approximate surface area is 231 Å². The van der Waals surface area contributed by atoms with E-state index in [0.717, 1.165) is 36.8 Å². The van der Waals surface area contributed by atoms with E-state index in [1.165, 1.54) is 16.3 Å². The van der Waals surface area contributed by atoms with Crippen molar-refractivity contribution < 1.29 is 9.59 Å². The molecule has 5 nitrogen and oxygen atoms in total. The monoisotopic (exact) mass is 519 g/mol. The second-order valence-electron chi connectivity index (χ2n) is 10.4. The van der Waals surface area contributed by atoms with Gasteiger partial charge in [0.15, 0.2) is 5.78 Å². The van der Waals surface area contributed by atoms with Crippen molar-refractivity contribution in [3.05, 3.63) is 108 Å². The molecule has 4 aromatic rings. The minimum Gasteiger partial charge on any atom is -0.340 e. The molecular formula is C34H37N3O2. The Balaban J connectivity index is 1.23. The fourth-order valence-electron chi connectivity index (χ4n) is 5.49. The summed E-state index contributed by atoms with van der Waals surface area (Å²) in [6, 6.07) is 32.5. The lowest BCUT2D eigenvalue weighted by Crippen LogP contribution is -2.58. The smallest absolute Gasteiger partial charge is 0.239 e. The first kappa shape index (κ1) is 26.8. The first-order valence-electron chi connectivity index (χ1n) is 14.0. The molecule has 1 aliphatic heterocycles. The van der Waals surface area contributed by atoms with E-state index in [2.05, 4.69) is 59.5 Å². The number of carbonyl (C=O) groups is 2. The topological polar surface area (TPSA) is 66.6 Å². The van der Waals surface area contributed by atoms with E-state index in [1.54, 1.807) is 0 Å². The predicted octanol–water partition coefficient (Wildman–Crippen LogP) is 5.57. The highest BCUT2D eigenvalue weighted by Gasteiger charge is 2.35. The molecule has 1 atom stereocenters. The van der Waals surface area contributed by atoms with Crippen LogP contribution in [0.3, 0.4) is 0 Å². The number of nitrogens with two attached hydrogens (primary N) is 1. The van der Waals surface area contributed by atoms with Gasteiger partial charge in [-0.25, -0.2) is 0 Å². The average molecular weight is 520 g/mol. The van der Waals surface area contributed by atoms with Crippen LogP contribution in [0.4, 0.5) is 0 Å². The summed E-state index contributed by atoms with van der Waals surface area (Å²) < 4.78 is 0. The van der Waals surface area contributed by atoms with Gasteiger partial charge in [-0.15, -0.1) is 0 Å². The molecule has 0 aliphatic carbocycles. The number of nitrogens with zero attached hydrogens (tertiary/aromatic N) is 2. The highest BCUT2D eigenvalue weighted by Crippen LogP contribution is 2.22. The van der Waals surface area contributed by atoms with Gasteiger partial charge in [-0.1, -0.05) is 103 Å². The minimum absolute atomic E-state index is 0.0517. The van der Waals surface area contributed by atoms with Gasteiger partial charge in [0.2, 0.25) is 5.91 Å². The van der Waals surface area contributed by atoms with Crippen molar-refractivity contribution in [2.24, 2.45) is 5.73 Å². The van der Waals surface area contributed by atoms with Crippen LogP contribution in [0.25, 0.3) is 21.9 Å². The van der Waals surface area contributed by atoms with Crippen molar-refractivity contribution in [3.63, 3.8) is 0 Å². The number of amides is 1. The zero-order valence-electron chi connectivity index (χ0n) is 22.5. The summed E-state index contributed by atoms with van der Waals surface area (Å²) in [7, 11) is 0. The molecule has 0 spiro atoms. The van der Waals surface area contributed by atoms with Gasteiger partial charge in [0.05, 0.1) is 12.6 Å². The molecule has 0 unspecified atom stereocenters. The van der Waals surface area contributed by atoms with Gasteiger partial charge < -0.3 is 10.6 Å². The Hall–Kier alpha value is -3.80. The molecule has 4 aromatic carbocycles. The largest absolute Gasteiger partial charge is 0.340 e. The fourth-order valence-corrected chi connectivity index (χ4v) is 5.49. The minimum atomic E-state index is -0.283. The molecule has 1 amide bonds. The summed E-state index contributed by atoms with van der Waals surface area (Å²) >= 11 is 0. The summed E-state index contributed by atoms with van der Waals surface area (Å²) in [5.74, 6) is 0.183. The van der Waals surface area contributed by atoms with Crippen molar-refractivity contribution >= 4 is 22.5 Å². The number of benzene rings is 4. The Kier molecular flexibility index (Phi) is 8.82. The third kappa shape index (κ3) is 6.62. The third-order valence-corrected chi connectivity index (χ3v) is 7.77. The van der Waals surface area contributed by atoms with E-state index in [1.807, 2.05) is 47.4 Å². The van der Waals surface area contributed by atoms with E-state index < -0.39 is 0 Å². The molecule has 2 N–H and O–H groups in total. The van der Waals surface area contributed by atoms with Crippen molar-refractivity contribution in [1.29, 1.82) is 0 Å². The second kappa shape index (κ2) is 12.8. The number of ketones is 1. The van der Waals surface area contributed by atoms with E-state index in [4.69, 9.17) is 5.73 Å². The van der Waals surface area contributed by atoms with Crippen LogP contribution in [0, 0.1) is 0 Å². The highest BCUT2D eigenvalue weighted by atomic mass is 16.2. The first-order chi connectivity index (χ1) is 19.1. The average Bonchev–Trinajstić information content (AvgIpc) is 2.98. The summed E-state index contributed by atoms with van der Waals surface area (Å²) in [5.41, 5.74) is 9.87. The highest BCUT2D eigenvalue weighted by molar-refractivity contribution is 5.98. The summed E-state index contributed by atoms with van der Waals surface area (Å²) in [6.07, 6.45) is 3.30. The van der Waals surface area contributed by atoms with E-state index in [-0.39, 0.29) is 24.3 Å². The molecule has 0 saturated carbocycles. The molecule has 5 rings (SSSR count). The second-order valence-corrected chi connectivity index (χ2v) is 10.4. The molecule has 1 fully saturated rings. The number of carbonyl (C=O) groups excluding carboxylic acids is 2. The molecule has 0 radical (unpaired) electrons. The Morgan fingerprint density at radius 3 is 2.28 bits per heavy atom. The standard InChI is InChI=1S/C34H37N3O2/c35-20-7-6-12-32-34(39)36(21-19-26-13-14-28-10-4-5-11-31(28)24-26)22-23-37(32)25-33(38)30-17-15-29(16-18-30)27-8-2-1-3-9-27/h1-5,8-11,13-18,24,32H,6-7,12,19-23,25,35H2/t32-/m0/s1. The van der Waals surface area contributed by atoms with Crippen LogP contribution in [0.15, 0.2) is 97.1 Å². The number of hydrogen-bond donors (Lipinski definition) is 1. The summed E-state index contributed by atoms with van der Waals surface area (Å²) in [5, 5.41) is 2.45. The number of rotatable bonds is 11. The number of unbranched alkanes of at least 4 members (excludes halogenated alkanes) is 1. The third-order valence-electron chi connectivity index (χ3n) is 7.77. The van der Waals surface area contributed by atoms with Gasteiger partial charge in [0.1, 0.15) is 0 Å². The van der Waals surface area contributed by atoms with Gasteiger partial charge in [-0.2, -0.15) is 0 Å². The zero-order valence-corrected chi connectivity index (χ0v) is 22.5. The van der Waals surface area contributed by atoms with Crippen LogP contribution >= 0.6 is 0 Å². The zero-order chi connectivity index (χ0) is 27.0. The van der Waals surface area contributed by atoms with Gasteiger partial charge in [-0.05, 0) is 53.3 Å². The molecule has 0 bridgehead atoms. The SMILES string of the molecule is NCCCC[C@H]1C(=O)N(CCc2ccc3ccccc3c2)CCN1CC(=O)c1ccc(-c2ccccc2)cc1. The van der Waals surface area contributed by atoms with E-state index in [0.29, 0.717) is 31.7 Å². The predicted molar refractivity (Wildman–Crippen MR) is 159 cm³/mol. The normalized spacial score (nSPS) is 16.1. The molecule has 1 heterocycles. The quantitative estimate of drug-likeness (QED) is 0.208. The molecular weight excluding hydrogens is 482 g/mol. The molecule has 39 heavy (non-hydrogen) atoms. The van der Waals surface area contributed by atoms with Crippen LogP contribution in [0.1, 0.15) is 35.2 Å². The number of Topliss-reactive ketones (excluding diaryl/α,β-unsaturated/α-hetero) is 1. The van der Waals surface area contributed by atoms with Crippen LogP contribution < -0.4 is 5.73 Å². The lowest BCUT2D eigenvalue weighted by atomic mass is 10.00. The fraction of sp³-hybridized carbons (Fsp3) is 0.294. The molecule has 1 saturated heterocycles. The van der Waals surface area contributed by atoms with Crippen LogP contribution in [-0.4, -0.2) is 60.3 Å². The molecule has 5 heteroatoms. The molecule has 200 valence electrons. The summed E-state index contributed by atoms with van der Waals surface area (Å²) in [6.45, 7) is 2.89. The van der Waals surface area contributed by atoms with Gasteiger partial charge in [0.25, 0.3) is 0 Å². The number of fused-ring (bicyclic) bond motifs is 1. The van der Waals surface area contributed by atoms with Crippen LogP contribution in [-0.2, 0) is 11.2 Å². The van der Waals surface area contributed by atoms with Crippen LogP contribution in [0.2, 0.25) is 0 Å². The first-order valence-corrected chi connectivity index (χ1v) is 14.0. The van der Waals surface area contributed by atoms with Gasteiger partial charge in [-0.3, -0.25) is 14.5 Å². The molecule has 1 aliphatic rings. The van der Waals surface area contributed by atoms with Crippen molar-refractivity contribution in [1.82, 2.24) is 9.80 Å². The van der Waals surface area contributed by atoms with Crippen LogP contribution in [0.5, 0.6) is 0 Å².